The summed E-state index contributed by atoms with van der Waals surface area (Å²) in [4.78, 5) is 2.31. The molecule has 2 rings (SSSR count). The van der Waals surface area contributed by atoms with Gasteiger partial charge in [0.1, 0.15) is 0 Å². The van der Waals surface area contributed by atoms with E-state index in [2.05, 4.69) is 22.1 Å². The molecule has 0 aliphatic carbocycles. The molecule has 1 N–H and O–H groups in total. The second-order valence-electron chi connectivity index (χ2n) is 3.93. The Morgan fingerprint density at radius 3 is 3.38 bits per heavy atom. The Morgan fingerprint density at radius 1 is 1.77 bits per heavy atom. The molecule has 72 valence electrons. The molecule has 0 saturated carbocycles. The molecule has 0 aromatic carbocycles. The van der Waals surface area contributed by atoms with E-state index in [1.807, 2.05) is 6.07 Å². The summed E-state index contributed by atoms with van der Waals surface area (Å²) >= 11 is 0. The van der Waals surface area contributed by atoms with Gasteiger partial charge in [0.2, 0.25) is 0 Å². The Kier molecular flexibility index (Phi) is 2.04. The van der Waals surface area contributed by atoms with Crippen molar-refractivity contribution in [2.45, 2.75) is 19.2 Å². The normalized spacial score (nSPS) is 31.6. The number of rotatable bonds is 1. The van der Waals surface area contributed by atoms with Crippen molar-refractivity contribution in [2.24, 2.45) is 5.92 Å². The Hall–Kier alpha value is -0.830. The van der Waals surface area contributed by atoms with Gasteiger partial charge < -0.3 is 4.90 Å². The minimum atomic E-state index is 0.453. The molecule has 13 heavy (non-hydrogen) atoms. The molecule has 1 aromatic heterocycles. The number of H-pyrrole nitrogens is 1. The van der Waals surface area contributed by atoms with Crippen molar-refractivity contribution in [2.75, 3.05) is 20.1 Å². The van der Waals surface area contributed by atoms with E-state index in [1.54, 1.807) is 6.20 Å². The van der Waals surface area contributed by atoms with Gasteiger partial charge in [-0.25, -0.2) is 0 Å². The number of hydrogen-bond donors (Lipinski definition) is 1. The van der Waals surface area contributed by atoms with E-state index in [9.17, 15) is 0 Å². The number of hydrogen-bond acceptors (Lipinski definition) is 2. The first kappa shape index (κ1) is 7.56. The summed E-state index contributed by atoms with van der Waals surface area (Å²) in [6.45, 7) is 2.67. The Morgan fingerprint density at radius 2 is 2.69 bits per heavy atom. The molecular formula is C10H17N3. The van der Waals surface area contributed by atoms with Gasteiger partial charge in [-0.05, 0) is 32.0 Å². The number of likely N-dealkylation sites (tertiary alicyclic amines) is 1. The van der Waals surface area contributed by atoms with Gasteiger partial charge in [-0.3, -0.25) is 5.10 Å². The van der Waals surface area contributed by atoms with Crippen molar-refractivity contribution < 1.29 is 1.37 Å². The molecule has 1 saturated heterocycles. The Labute approximate surface area is 80.5 Å². The van der Waals surface area contributed by atoms with Gasteiger partial charge in [0, 0.05) is 25.7 Å². The summed E-state index contributed by atoms with van der Waals surface area (Å²) in [5.41, 5.74) is 1.20. The zero-order valence-electron chi connectivity index (χ0n) is 9.03. The van der Waals surface area contributed by atoms with Crippen LogP contribution in [0.4, 0.5) is 0 Å². The monoisotopic (exact) mass is 180 g/mol. The molecule has 0 amide bonds. The van der Waals surface area contributed by atoms with E-state index in [-0.39, 0.29) is 0 Å². The molecule has 3 heteroatoms. The van der Waals surface area contributed by atoms with Gasteiger partial charge in [-0.1, -0.05) is 6.90 Å². The fourth-order valence-corrected chi connectivity index (χ4v) is 2.10. The predicted molar refractivity (Wildman–Crippen MR) is 52.6 cm³/mol. The van der Waals surface area contributed by atoms with Crippen LogP contribution in [0.25, 0.3) is 0 Å². The number of aromatic nitrogens is 2. The van der Waals surface area contributed by atoms with Gasteiger partial charge in [-0.2, -0.15) is 5.10 Å². The SMILES string of the molecule is [2H]CC1CN(C)CCC1c1ccn[nH]1. The first-order valence-electron chi connectivity index (χ1n) is 5.49. The van der Waals surface area contributed by atoms with Crippen molar-refractivity contribution in [3.05, 3.63) is 18.0 Å². The molecular weight excluding hydrogens is 162 g/mol. The van der Waals surface area contributed by atoms with E-state index < -0.39 is 0 Å². The highest BCUT2D eigenvalue weighted by molar-refractivity contribution is 5.08. The third-order valence-corrected chi connectivity index (χ3v) is 2.86. The summed E-state index contributed by atoms with van der Waals surface area (Å²) in [5.74, 6) is 0.959. The molecule has 0 spiro atoms. The molecule has 0 radical (unpaired) electrons. The lowest BCUT2D eigenvalue weighted by atomic mass is 9.85. The van der Waals surface area contributed by atoms with Crippen LogP contribution in [-0.4, -0.2) is 35.2 Å². The maximum absolute atomic E-state index is 7.56. The molecule has 0 bridgehead atoms. The van der Waals surface area contributed by atoms with Crippen LogP contribution >= 0.6 is 0 Å². The predicted octanol–water partition coefficient (Wildman–Crippen LogP) is 1.46. The number of piperidine rings is 1. The average molecular weight is 180 g/mol. The maximum Gasteiger partial charge on any atom is 0.0490 e. The highest BCUT2D eigenvalue weighted by atomic mass is 15.1. The van der Waals surface area contributed by atoms with Crippen LogP contribution in [0.15, 0.2) is 12.3 Å². The van der Waals surface area contributed by atoms with Crippen LogP contribution in [0.2, 0.25) is 0 Å². The highest BCUT2D eigenvalue weighted by Gasteiger charge is 2.26. The summed E-state index contributed by atoms with van der Waals surface area (Å²) in [7, 11) is 2.13. The maximum atomic E-state index is 7.56. The van der Waals surface area contributed by atoms with Crippen LogP contribution in [0.3, 0.4) is 0 Å². The number of nitrogens with one attached hydrogen (secondary N) is 1. The van der Waals surface area contributed by atoms with Crippen molar-refractivity contribution in [3.8, 4) is 0 Å². The summed E-state index contributed by atoms with van der Waals surface area (Å²) < 4.78 is 7.56. The van der Waals surface area contributed by atoms with Crippen molar-refractivity contribution >= 4 is 0 Å². The lowest BCUT2D eigenvalue weighted by Crippen LogP contribution is -2.35. The smallest absolute Gasteiger partial charge is 0.0490 e. The van der Waals surface area contributed by atoms with E-state index >= 15 is 0 Å². The second kappa shape index (κ2) is 3.50. The standard InChI is InChI=1S/C10H17N3/c1-8-7-13(2)6-4-9(8)10-3-5-11-12-10/h3,5,8-9H,4,6-7H2,1-2H3,(H,11,12)/i1D. The van der Waals surface area contributed by atoms with Gasteiger partial charge in [0.25, 0.3) is 0 Å². The first-order valence-corrected chi connectivity index (χ1v) is 4.78. The third kappa shape index (κ3) is 1.75. The fraction of sp³-hybridized carbons (Fsp3) is 0.700. The van der Waals surface area contributed by atoms with E-state index in [0.717, 1.165) is 19.5 Å². The van der Waals surface area contributed by atoms with Crippen LogP contribution in [-0.2, 0) is 0 Å². The van der Waals surface area contributed by atoms with Crippen LogP contribution in [0.1, 0.15) is 26.3 Å². The van der Waals surface area contributed by atoms with Crippen molar-refractivity contribution in [1.29, 1.82) is 0 Å². The average Bonchev–Trinajstić information content (AvgIpc) is 2.70. The highest BCUT2D eigenvalue weighted by Crippen LogP contribution is 2.30. The van der Waals surface area contributed by atoms with Crippen molar-refractivity contribution in [1.82, 2.24) is 15.1 Å². The largest absolute Gasteiger partial charge is 0.306 e. The van der Waals surface area contributed by atoms with Crippen LogP contribution in [0, 0.1) is 5.92 Å². The summed E-state index contributed by atoms with van der Waals surface area (Å²) in [5, 5.41) is 7.02. The van der Waals surface area contributed by atoms with E-state index in [0.29, 0.717) is 18.7 Å². The summed E-state index contributed by atoms with van der Waals surface area (Å²) in [6, 6.07) is 2.04. The van der Waals surface area contributed by atoms with Gasteiger partial charge in [0.15, 0.2) is 0 Å². The van der Waals surface area contributed by atoms with Gasteiger partial charge >= 0.3 is 0 Å². The quantitative estimate of drug-likeness (QED) is 0.709. The van der Waals surface area contributed by atoms with E-state index in [1.165, 1.54) is 5.69 Å². The van der Waals surface area contributed by atoms with Crippen LogP contribution < -0.4 is 0 Å². The lowest BCUT2D eigenvalue weighted by Gasteiger charge is -2.34. The third-order valence-electron chi connectivity index (χ3n) is 2.86. The topological polar surface area (TPSA) is 31.9 Å². The van der Waals surface area contributed by atoms with E-state index in [4.69, 9.17) is 1.37 Å². The minimum absolute atomic E-state index is 0.453. The molecule has 1 aliphatic heterocycles. The number of nitrogens with zero attached hydrogens (tertiary/aromatic N) is 2. The minimum Gasteiger partial charge on any atom is -0.306 e. The number of aromatic amines is 1. The zero-order chi connectivity index (χ0) is 9.97. The molecule has 2 heterocycles. The molecule has 1 aromatic rings. The van der Waals surface area contributed by atoms with Crippen molar-refractivity contribution in [3.63, 3.8) is 0 Å². The zero-order valence-corrected chi connectivity index (χ0v) is 8.03. The second-order valence-corrected chi connectivity index (χ2v) is 3.93. The molecule has 1 aliphatic rings. The van der Waals surface area contributed by atoms with Gasteiger partial charge in [-0.15, -0.1) is 0 Å². The molecule has 2 unspecified atom stereocenters. The summed E-state index contributed by atoms with van der Waals surface area (Å²) in [6.07, 6.45) is 2.94. The molecule has 1 fully saturated rings. The van der Waals surface area contributed by atoms with Crippen LogP contribution in [0.5, 0.6) is 0 Å². The molecule has 2 atom stereocenters. The first-order chi connectivity index (χ1) is 6.81. The Balaban J connectivity index is 2.10. The van der Waals surface area contributed by atoms with Gasteiger partial charge in [0.05, 0.1) is 0 Å². The fourth-order valence-electron chi connectivity index (χ4n) is 2.10. The Bertz CT molecular complexity index is 273. The molecule has 3 nitrogen and oxygen atoms in total. The lowest BCUT2D eigenvalue weighted by molar-refractivity contribution is 0.193.